The van der Waals surface area contributed by atoms with Crippen LogP contribution in [0, 0.1) is 26.2 Å². The molecule has 4 nitrogen and oxygen atoms in total. The summed E-state index contributed by atoms with van der Waals surface area (Å²) in [7, 11) is 1.68. The molecule has 0 aliphatic heterocycles. The first-order chi connectivity index (χ1) is 8.52. The van der Waals surface area contributed by atoms with Crippen LogP contribution >= 0.6 is 0 Å². The van der Waals surface area contributed by atoms with E-state index in [0.717, 1.165) is 5.56 Å². The van der Waals surface area contributed by atoms with Crippen LogP contribution in [0.25, 0.3) is 0 Å². The maximum atomic E-state index is 11.6. The molecular weight excluding hydrogens is 228 g/mol. The van der Waals surface area contributed by atoms with Gasteiger partial charge in [-0.1, -0.05) is 35.2 Å². The molecule has 0 saturated carbocycles. The van der Waals surface area contributed by atoms with E-state index in [4.69, 9.17) is 11.3 Å². The Morgan fingerprint density at radius 3 is 2.56 bits per heavy atom. The Kier molecular flexibility index (Phi) is 5.22. The van der Waals surface area contributed by atoms with Gasteiger partial charge in [0.15, 0.2) is 0 Å². The highest BCUT2D eigenvalue weighted by molar-refractivity contribution is 5.66. The van der Waals surface area contributed by atoms with E-state index in [0.29, 0.717) is 6.54 Å². The Morgan fingerprint density at radius 2 is 2.00 bits per heavy atom. The van der Waals surface area contributed by atoms with Crippen LogP contribution in [0.5, 0.6) is 0 Å². The van der Waals surface area contributed by atoms with Gasteiger partial charge in [0.1, 0.15) is 0 Å². The van der Waals surface area contributed by atoms with Crippen molar-refractivity contribution in [2.24, 2.45) is 0 Å². The van der Waals surface area contributed by atoms with E-state index in [1.165, 1.54) is 16.0 Å². The number of rotatable bonds is 4. The van der Waals surface area contributed by atoms with Crippen molar-refractivity contribution in [2.45, 2.75) is 20.4 Å². The molecule has 0 unspecified atom stereocenters. The van der Waals surface area contributed by atoms with Crippen LogP contribution in [0.3, 0.4) is 0 Å². The van der Waals surface area contributed by atoms with Crippen molar-refractivity contribution in [2.75, 3.05) is 13.6 Å². The highest BCUT2D eigenvalue weighted by Gasteiger charge is 2.10. The van der Waals surface area contributed by atoms with Crippen LogP contribution in [0.15, 0.2) is 18.2 Å². The molecule has 1 aromatic rings. The number of benzene rings is 1. The molecule has 0 bridgehead atoms. The van der Waals surface area contributed by atoms with Gasteiger partial charge in [0.25, 0.3) is 0 Å². The molecule has 0 fully saturated rings. The molecule has 0 saturated heterocycles. The molecule has 1 aromatic carbocycles. The lowest BCUT2D eigenvalue weighted by atomic mass is 10.1. The van der Waals surface area contributed by atoms with Crippen LogP contribution in [0.1, 0.15) is 16.7 Å². The first kappa shape index (κ1) is 14.1. The van der Waals surface area contributed by atoms with Crippen LogP contribution in [0.2, 0.25) is 0 Å². The van der Waals surface area contributed by atoms with Gasteiger partial charge in [-0.25, -0.2) is 4.79 Å². The SMILES string of the molecule is C#CCNOC(=O)N(C)Cc1cc(C)cc(C)c1. The fourth-order valence-electron chi connectivity index (χ4n) is 1.72. The predicted octanol–water partition coefficient (Wildman–Crippen LogP) is 2.01. The third-order valence-electron chi connectivity index (χ3n) is 2.35. The predicted molar refractivity (Wildman–Crippen MR) is 70.7 cm³/mol. The smallest absolute Gasteiger partial charge is 0.353 e. The maximum absolute atomic E-state index is 11.6. The average Bonchev–Trinajstić information content (AvgIpc) is 2.27. The Hall–Kier alpha value is -1.99. The van der Waals surface area contributed by atoms with E-state index in [-0.39, 0.29) is 6.54 Å². The summed E-state index contributed by atoms with van der Waals surface area (Å²) in [4.78, 5) is 17.8. The maximum Gasteiger partial charge on any atom is 0.428 e. The highest BCUT2D eigenvalue weighted by atomic mass is 16.7. The first-order valence-corrected chi connectivity index (χ1v) is 5.68. The van der Waals surface area contributed by atoms with Gasteiger partial charge in [-0.3, -0.25) is 0 Å². The monoisotopic (exact) mass is 246 g/mol. The standard InChI is InChI=1S/C14H18N2O2/c1-5-6-15-18-14(17)16(4)10-13-8-11(2)7-12(3)9-13/h1,7-9,15H,6,10H2,2-4H3. The van der Waals surface area contributed by atoms with Gasteiger partial charge in [-0.05, 0) is 19.4 Å². The summed E-state index contributed by atoms with van der Waals surface area (Å²) in [6.45, 7) is 4.76. The molecule has 0 spiro atoms. The van der Waals surface area contributed by atoms with Crippen LogP contribution < -0.4 is 5.48 Å². The van der Waals surface area contributed by atoms with Crippen molar-refractivity contribution in [1.29, 1.82) is 0 Å². The van der Waals surface area contributed by atoms with Gasteiger partial charge in [-0.2, -0.15) is 0 Å². The van der Waals surface area contributed by atoms with Crippen molar-refractivity contribution in [3.8, 4) is 12.3 Å². The molecule has 0 aliphatic carbocycles. The largest absolute Gasteiger partial charge is 0.428 e. The number of nitrogens with zero attached hydrogens (tertiary/aromatic N) is 1. The molecule has 0 aromatic heterocycles. The van der Waals surface area contributed by atoms with E-state index >= 15 is 0 Å². The van der Waals surface area contributed by atoms with E-state index < -0.39 is 6.09 Å². The lowest BCUT2D eigenvalue weighted by Crippen LogP contribution is -2.32. The molecule has 18 heavy (non-hydrogen) atoms. The minimum atomic E-state index is -0.454. The summed E-state index contributed by atoms with van der Waals surface area (Å²) in [5.41, 5.74) is 5.83. The van der Waals surface area contributed by atoms with Crippen LogP contribution in [0.4, 0.5) is 4.79 Å². The summed E-state index contributed by atoms with van der Waals surface area (Å²) in [6, 6.07) is 6.19. The average molecular weight is 246 g/mol. The molecule has 1 amide bonds. The Labute approximate surface area is 108 Å². The fraction of sp³-hybridized carbons (Fsp3) is 0.357. The zero-order chi connectivity index (χ0) is 13.5. The molecule has 0 aliphatic rings. The van der Waals surface area contributed by atoms with Gasteiger partial charge in [0.05, 0.1) is 6.54 Å². The van der Waals surface area contributed by atoms with Gasteiger partial charge >= 0.3 is 6.09 Å². The summed E-state index contributed by atoms with van der Waals surface area (Å²) in [5, 5.41) is 0. The van der Waals surface area contributed by atoms with Gasteiger partial charge in [0, 0.05) is 13.6 Å². The van der Waals surface area contributed by atoms with Crippen molar-refractivity contribution in [3.63, 3.8) is 0 Å². The quantitative estimate of drug-likeness (QED) is 0.502. The zero-order valence-corrected chi connectivity index (χ0v) is 11.0. The molecular formula is C14H18N2O2. The van der Waals surface area contributed by atoms with Gasteiger partial charge in [0.2, 0.25) is 0 Å². The molecule has 0 radical (unpaired) electrons. The number of hydroxylamine groups is 1. The number of aryl methyl sites for hydroxylation is 2. The highest BCUT2D eigenvalue weighted by Crippen LogP contribution is 2.11. The zero-order valence-electron chi connectivity index (χ0n) is 11.0. The molecule has 0 atom stereocenters. The second-order valence-corrected chi connectivity index (χ2v) is 4.25. The lowest BCUT2D eigenvalue weighted by Gasteiger charge is -2.17. The van der Waals surface area contributed by atoms with Crippen LogP contribution in [-0.4, -0.2) is 24.6 Å². The van der Waals surface area contributed by atoms with Gasteiger partial charge < -0.3 is 9.74 Å². The topological polar surface area (TPSA) is 41.6 Å². The number of terminal acetylenes is 1. The lowest BCUT2D eigenvalue weighted by molar-refractivity contribution is 0.0653. The third-order valence-corrected chi connectivity index (χ3v) is 2.35. The van der Waals surface area contributed by atoms with E-state index in [9.17, 15) is 4.79 Å². The number of hydrogen-bond donors (Lipinski definition) is 1. The van der Waals surface area contributed by atoms with Crippen molar-refractivity contribution in [1.82, 2.24) is 10.4 Å². The second-order valence-electron chi connectivity index (χ2n) is 4.25. The minimum Gasteiger partial charge on any atom is -0.353 e. The van der Waals surface area contributed by atoms with Gasteiger partial charge in [-0.15, -0.1) is 11.9 Å². The molecule has 96 valence electrons. The molecule has 0 heterocycles. The second kappa shape index (κ2) is 6.67. The molecule has 1 N–H and O–H groups in total. The van der Waals surface area contributed by atoms with Crippen molar-refractivity contribution < 1.29 is 9.63 Å². The molecule has 1 rings (SSSR count). The summed E-state index contributed by atoms with van der Waals surface area (Å²) >= 11 is 0. The van der Waals surface area contributed by atoms with E-state index in [1.54, 1.807) is 7.05 Å². The Morgan fingerprint density at radius 1 is 1.39 bits per heavy atom. The molecule has 4 heteroatoms. The van der Waals surface area contributed by atoms with E-state index in [1.807, 2.05) is 26.0 Å². The fourth-order valence-corrected chi connectivity index (χ4v) is 1.72. The number of carbonyl (C=O) groups is 1. The number of hydrogen-bond acceptors (Lipinski definition) is 3. The van der Waals surface area contributed by atoms with Crippen LogP contribution in [-0.2, 0) is 11.4 Å². The number of nitrogens with one attached hydrogen (secondary N) is 1. The summed E-state index contributed by atoms with van der Waals surface area (Å²) in [6.07, 6.45) is 4.58. The number of carbonyl (C=O) groups excluding carboxylic acids is 1. The Balaban J connectivity index is 2.55. The third kappa shape index (κ3) is 4.48. The van der Waals surface area contributed by atoms with Crippen molar-refractivity contribution in [3.05, 3.63) is 34.9 Å². The Bertz CT molecular complexity index is 443. The minimum absolute atomic E-state index is 0.198. The van der Waals surface area contributed by atoms with E-state index in [2.05, 4.69) is 17.5 Å². The summed E-state index contributed by atoms with van der Waals surface area (Å²) in [5.74, 6) is 2.32. The van der Waals surface area contributed by atoms with Crippen molar-refractivity contribution >= 4 is 6.09 Å². The number of amides is 1. The normalized spacial score (nSPS) is 9.67. The first-order valence-electron chi connectivity index (χ1n) is 5.68. The summed E-state index contributed by atoms with van der Waals surface area (Å²) < 4.78 is 0.